The summed E-state index contributed by atoms with van der Waals surface area (Å²) in [5, 5.41) is 7.24. The molecule has 7 nitrogen and oxygen atoms in total. The molecule has 0 saturated carbocycles. The van der Waals surface area contributed by atoms with E-state index in [4.69, 9.17) is 11.6 Å². The first-order valence-electron chi connectivity index (χ1n) is 7.88. The zero-order valence-electron chi connectivity index (χ0n) is 14.4. The van der Waals surface area contributed by atoms with Crippen molar-refractivity contribution < 1.29 is 22.7 Å². The van der Waals surface area contributed by atoms with Crippen molar-refractivity contribution in [1.29, 1.82) is 0 Å². The smallest absolute Gasteiger partial charge is 0.422 e. The van der Waals surface area contributed by atoms with Gasteiger partial charge in [0.1, 0.15) is 5.82 Å². The zero-order valence-corrected chi connectivity index (χ0v) is 15.1. The summed E-state index contributed by atoms with van der Waals surface area (Å²) < 4.78 is 42.4. The number of alkyl halides is 3. The first-order valence-corrected chi connectivity index (χ1v) is 8.25. The molecule has 0 radical (unpaired) electrons. The van der Waals surface area contributed by atoms with Crippen LogP contribution in [0.25, 0.3) is 5.69 Å². The molecule has 1 N–H and O–H groups in total. The van der Waals surface area contributed by atoms with Crippen molar-refractivity contribution in [3.8, 4) is 11.6 Å². The summed E-state index contributed by atoms with van der Waals surface area (Å²) in [7, 11) is 0. The number of amides is 1. The SMILES string of the molecule is Cc1nc(C(=O)Nc2ccc(OCC(F)(F)F)nc2)nn1-c1ccc(Cl)cc1. The van der Waals surface area contributed by atoms with Gasteiger partial charge in [0.2, 0.25) is 11.7 Å². The number of aromatic nitrogens is 4. The number of anilines is 1. The van der Waals surface area contributed by atoms with Crippen LogP contribution in [0.1, 0.15) is 16.4 Å². The van der Waals surface area contributed by atoms with Crippen LogP contribution in [-0.4, -0.2) is 38.4 Å². The topological polar surface area (TPSA) is 81.9 Å². The molecule has 0 unspecified atom stereocenters. The van der Waals surface area contributed by atoms with Gasteiger partial charge in [-0.15, -0.1) is 5.10 Å². The maximum Gasteiger partial charge on any atom is 0.422 e. The van der Waals surface area contributed by atoms with Crippen molar-refractivity contribution >= 4 is 23.2 Å². The molecule has 3 aromatic rings. The maximum absolute atomic E-state index is 12.3. The van der Waals surface area contributed by atoms with E-state index < -0.39 is 18.7 Å². The fraction of sp³-hybridized carbons (Fsp3) is 0.176. The third kappa shape index (κ3) is 4.97. The number of pyridine rings is 1. The fourth-order valence-corrected chi connectivity index (χ4v) is 2.32. The second-order valence-corrected chi connectivity index (χ2v) is 6.05. The lowest BCUT2D eigenvalue weighted by molar-refractivity contribution is -0.154. The minimum absolute atomic E-state index is 0.0788. The van der Waals surface area contributed by atoms with E-state index in [1.165, 1.54) is 23.0 Å². The number of carbonyl (C=O) groups is 1. The van der Waals surface area contributed by atoms with Crippen molar-refractivity contribution in [2.24, 2.45) is 0 Å². The molecule has 2 aromatic heterocycles. The molecule has 146 valence electrons. The van der Waals surface area contributed by atoms with Gasteiger partial charge in [-0.25, -0.2) is 14.6 Å². The predicted molar refractivity (Wildman–Crippen MR) is 94.8 cm³/mol. The number of halogens is 4. The van der Waals surface area contributed by atoms with E-state index in [0.717, 1.165) is 0 Å². The Morgan fingerprint density at radius 3 is 2.54 bits per heavy atom. The van der Waals surface area contributed by atoms with Crippen molar-refractivity contribution in [3.05, 3.63) is 59.3 Å². The van der Waals surface area contributed by atoms with E-state index in [1.807, 2.05) is 0 Å². The molecular formula is C17H13ClF3N5O2. The third-order valence-electron chi connectivity index (χ3n) is 3.42. The molecule has 0 bridgehead atoms. The molecule has 0 aliphatic rings. The highest BCUT2D eigenvalue weighted by atomic mass is 35.5. The molecule has 0 aliphatic heterocycles. The number of ether oxygens (including phenoxy) is 1. The van der Waals surface area contributed by atoms with Gasteiger partial charge in [-0.05, 0) is 37.3 Å². The zero-order chi connectivity index (χ0) is 20.3. The molecule has 0 spiro atoms. The van der Waals surface area contributed by atoms with Crippen LogP contribution in [0.4, 0.5) is 18.9 Å². The van der Waals surface area contributed by atoms with Crippen molar-refractivity contribution in [1.82, 2.24) is 19.7 Å². The molecule has 2 heterocycles. The molecule has 0 atom stereocenters. The molecule has 0 saturated heterocycles. The highest BCUT2D eigenvalue weighted by molar-refractivity contribution is 6.30. The van der Waals surface area contributed by atoms with Crippen molar-refractivity contribution in [3.63, 3.8) is 0 Å². The summed E-state index contributed by atoms with van der Waals surface area (Å²) in [4.78, 5) is 20.2. The molecule has 28 heavy (non-hydrogen) atoms. The van der Waals surface area contributed by atoms with Gasteiger partial charge >= 0.3 is 6.18 Å². The molecule has 1 amide bonds. The average Bonchev–Trinajstić information content (AvgIpc) is 3.03. The van der Waals surface area contributed by atoms with E-state index in [1.54, 1.807) is 31.2 Å². The number of nitrogens with zero attached hydrogens (tertiary/aromatic N) is 4. The van der Waals surface area contributed by atoms with Gasteiger partial charge in [0.25, 0.3) is 5.91 Å². The molecule has 0 aliphatic carbocycles. The van der Waals surface area contributed by atoms with Gasteiger partial charge in [0.15, 0.2) is 6.61 Å². The molecule has 0 fully saturated rings. The van der Waals surface area contributed by atoms with Gasteiger partial charge in [0, 0.05) is 11.1 Å². The normalized spacial score (nSPS) is 11.3. The van der Waals surface area contributed by atoms with Crippen LogP contribution >= 0.6 is 11.6 Å². The Kier molecular flexibility index (Phi) is 5.50. The predicted octanol–water partition coefficient (Wildman–Crippen LogP) is 3.82. The summed E-state index contributed by atoms with van der Waals surface area (Å²) in [6, 6.07) is 9.41. The monoisotopic (exact) mass is 411 g/mol. The molecule has 11 heteroatoms. The number of nitrogens with one attached hydrogen (secondary N) is 1. The van der Waals surface area contributed by atoms with Crippen LogP contribution in [0.5, 0.6) is 5.88 Å². The number of hydrogen-bond donors (Lipinski definition) is 1. The standard InChI is InChI=1S/C17H13ClF3N5O2/c1-10-23-15(25-26(10)13-5-2-11(18)3-6-13)16(27)24-12-4-7-14(22-8-12)28-9-17(19,20)21/h2-8H,9H2,1H3,(H,24,27). The van der Waals surface area contributed by atoms with Gasteiger partial charge < -0.3 is 10.1 Å². The minimum atomic E-state index is -4.46. The van der Waals surface area contributed by atoms with Gasteiger partial charge in [-0.3, -0.25) is 4.79 Å². The van der Waals surface area contributed by atoms with Gasteiger partial charge in [-0.1, -0.05) is 11.6 Å². The van der Waals surface area contributed by atoms with Crippen LogP contribution in [0, 0.1) is 6.92 Å². The second-order valence-electron chi connectivity index (χ2n) is 5.61. The summed E-state index contributed by atoms with van der Waals surface area (Å²) in [5.41, 5.74) is 0.936. The van der Waals surface area contributed by atoms with Crippen LogP contribution in [0.15, 0.2) is 42.6 Å². The number of benzene rings is 1. The van der Waals surface area contributed by atoms with E-state index in [0.29, 0.717) is 16.5 Å². The van der Waals surface area contributed by atoms with Gasteiger partial charge in [0.05, 0.1) is 17.6 Å². The van der Waals surface area contributed by atoms with Gasteiger partial charge in [-0.2, -0.15) is 13.2 Å². The largest absolute Gasteiger partial charge is 0.468 e. The average molecular weight is 412 g/mol. The van der Waals surface area contributed by atoms with Crippen molar-refractivity contribution in [2.45, 2.75) is 13.1 Å². The van der Waals surface area contributed by atoms with Crippen molar-refractivity contribution in [2.75, 3.05) is 11.9 Å². The van der Waals surface area contributed by atoms with E-state index in [2.05, 4.69) is 25.1 Å². The quantitative estimate of drug-likeness (QED) is 0.690. The summed E-state index contributed by atoms with van der Waals surface area (Å²) >= 11 is 5.86. The summed E-state index contributed by atoms with van der Waals surface area (Å²) in [6.45, 7) is 0.240. The van der Waals surface area contributed by atoms with Crippen LogP contribution in [-0.2, 0) is 0 Å². The Labute approximate surface area is 162 Å². The van der Waals surface area contributed by atoms with Crippen LogP contribution < -0.4 is 10.1 Å². The Balaban J connectivity index is 1.68. The number of carbonyl (C=O) groups excluding carboxylic acids is 1. The highest BCUT2D eigenvalue weighted by Gasteiger charge is 2.28. The number of rotatable bonds is 5. The molecule has 3 rings (SSSR count). The number of aryl methyl sites for hydroxylation is 1. The summed E-state index contributed by atoms with van der Waals surface area (Å²) in [6.07, 6.45) is -3.28. The first kappa shape index (κ1) is 19.6. The van der Waals surface area contributed by atoms with E-state index in [-0.39, 0.29) is 17.4 Å². The van der Waals surface area contributed by atoms with Crippen LogP contribution in [0.2, 0.25) is 5.02 Å². The van der Waals surface area contributed by atoms with E-state index in [9.17, 15) is 18.0 Å². The Bertz CT molecular complexity index is 972. The lowest BCUT2D eigenvalue weighted by Gasteiger charge is -2.08. The Hall–Kier alpha value is -3.14. The lowest BCUT2D eigenvalue weighted by Crippen LogP contribution is -2.19. The Morgan fingerprint density at radius 2 is 1.93 bits per heavy atom. The first-order chi connectivity index (χ1) is 13.2. The van der Waals surface area contributed by atoms with Crippen LogP contribution in [0.3, 0.4) is 0 Å². The highest BCUT2D eigenvalue weighted by Crippen LogP contribution is 2.18. The fourth-order valence-electron chi connectivity index (χ4n) is 2.20. The molecular weight excluding hydrogens is 399 g/mol. The van der Waals surface area contributed by atoms with E-state index >= 15 is 0 Å². The molecule has 1 aromatic carbocycles. The minimum Gasteiger partial charge on any atom is -0.468 e. The lowest BCUT2D eigenvalue weighted by atomic mass is 10.3. The second kappa shape index (κ2) is 7.85. The maximum atomic E-state index is 12.3. The third-order valence-corrected chi connectivity index (χ3v) is 3.67. The summed E-state index contributed by atoms with van der Waals surface area (Å²) in [5.74, 6) is -0.399. The number of hydrogen-bond acceptors (Lipinski definition) is 5. The Morgan fingerprint density at radius 1 is 1.21 bits per heavy atom.